The quantitative estimate of drug-likeness (QED) is 0.845. The van der Waals surface area contributed by atoms with E-state index in [0.717, 1.165) is 10.3 Å². The molecule has 6 heteroatoms. The highest BCUT2D eigenvalue weighted by molar-refractivity contribution is 7.16. The molecule has 0 aliphatic heterocycles. The van der Waals surface area contributed by atoms with Gasteiger partial charge in [0.25, 0.3) is 0 Å². The number of aromatic nitrogens is 2. The van der Waals surface area contributed by atoms with E-state index in [2.05, 4.69) is 15.3 Å². The molecular formula is C11H13N3O2S. The number of rotatable bonds is 4. The Balaban J connectivity index is 2.48. The number of anilines is 1. The Morgan fingerprint density at radius 1 is 1.47 bits per heavy atom. The van der Waals surface area contributed by atoms with Gasteiger partial charge in [-0.05, 0) is 25.3 Å². The van der Waals surface area contributed by atoms with Crippen molar-refractivity contribution in [2.45, 2.75) is 13.8 Å². The molecule has 0 unspecified atom stereocenters. The summed E-state index contributed by atoms with van der Waals surface area (Å²) >= 11 is 1.50. The van der Waals surface area contributed by atoms with Gasteiger partial charge in [-0.1, -0.05) is 0 Å². The van der Waals surface area contributed by atoms with Gasteiger partial charge in [0.1, 0.15) is 10.3 Å². The van der Waals surface area contributed by atoms with Gasteiger partial charge in [0, 0.05) is 6.54 Å². The summed E-state index contributed by atoms with van der Waals surface area (Å²) in [5.74, 6) is 0.0463. The zero-order chi connectivity index (χ0) is 12.3. The van der Waals surface area contributed by atoms with Crippen LogP contribution in [0.4, 0.5) is 5.82 Å². The van der Waals surface area contributed by atoms with Crippen LogP contribution in [0.2, 0.25) is 0 Å². The summed E-state index contributed by atoms with van der Waals surface area (Å²) < 4.78 is 4.96. The second-order valence-corrected chi connectivity index (χ2v) is 4.18. The Kier molecular flexibility index (Phi) is 3.53. The largest absolute Gasteiger partial charge is 0.461 e. The summed E-state index contributed by atoms with van der Waals surface area (Å²) in [7, 11) is 0. The van der Waals surface area contributed by atoms with E-state index in [1.807, 2.05) is 18.4 Å². The molecule has 0 saturated heterocycles. The van der Waals surface area contributed by atoms with E-state index in [9.17, 15) is 4.79 Å². The van der Waals surface area contributed by atoms with Gasteiger partial charge in [-0.25, -0.2) is 14.8 Å². The van der Waals surface area contributed by atoms with Crippen molar-refractivity contribution in [1.29, 1.82) is 0 Å². The number of carbonyl (C=O) groups is 1. The molecule has 2 rings (SSSR count). The molecule has 0 amide bonds. The fourth-order valence-electron chi connectivity index (χ4n) is 1.42. The number of nitrogens with one attached hydrogen (secondary N) is 1. The average Bonchev–Trinajstić information content (AvgIpc) is 2.75. The smallest absolute Gasteiger partial charge is 0.360 e. The van der Waals surface area contributed by atoms with E-state index in [1.165, 1.54) is 11.3 Å². The number of hydrogen-bond acceptors (Lipinski definition) is 6. The van der Waals surface area contributed by atoms with Gasteiger partial charge in [0.2, 0.25) is 0 Å². The van der Waals surface area contributed by atoms with E-state index in [1.54, 1.807) is 6.92 Å². The van der Waals surface area contributed by atoms with Gasteiger partial charge in [-0.3, -0.25) is 0 Å². The van der Waals surface area contributed by atoms with Crippen LogP contribution < -0.4 is 5.32 Å². The molecule has 2 aromatic rings. The first-order chi connectivity index (χ1) is 8.26. The SMILES string of the molecule is CCNc1nc2sccc2nc1C(=O)OCC. The normalized spacial score (nSPS) is 10.5. The topological polar surface area (TPSA) is 64.1 Å². The molecule has 2 aromatic heterocycles. The van der Waals surface area contributed by atoms with Gasteiger partial charge in [-0.2, -0.15) is 0 Å². The zero-order valence-electron chi connectivity index (χ0n) is 9.69. The number of fused-ring (bicyclic) bond motifs is 1. The van der Waals surface area contributed by atoms with Crippen molar-refractivity contribution in [2.24, 2.45) is 0 Å². The summed E-state index contributed by atoms with van der Waals surface area (Å²) in [6.07, 6.45) is 0. The van der Waals surface area contributed by atoms with Gasteiger partial charge in [-0.15, -0.1) is 11.3 Å². The van der Waals surface area contributed by atoms with Crippen molar-refractivity contribution in [3.8, 4) is 0 Å². The van der Waals surface area contributed by atoms with Crippen molar-refractivity contribution in [1.82, 2.24) is 9.97 Å². The Morgan fingerprint density at radius 2 is 2.29 bits per heavy atom. The molecule has 0 radical (unpaired) electrons. The number of carbonyl (C=O) groups excluding carboxylic acids is 1. The molecule has 1 N–H and O–H groups in total. The molecule has 90 valence electrons. The van der Waals surface area contributed by atoms with Crippen LogP contribution >= 0.6 is 11.3 Å². The third kappa shape index (κ3) is 2.36. The molecule has 0 bridgehead atoms. The van der Waals surface area contributed by atoms with E-state index >= 15 is 0 Å². The van der Waals surface area contributed by atoms with Crippen LogP contribution in [0.15, 0.2) is 11.4 Å². The fraction of sp³-hybridized carbons (Fsp3) is 0.364. The second-order valence-electron chi connectivity index (χ2n) is 3.28. The molecule has 2 heterocycles. The Bertz CT molecular complexity index is 538. The molecule has 5 nitrogen and oxygen atoms in total. The highest BCUT2D eigenvalue weighted by Crippen LogP contribution is 2.21. The third-order valence-corrected chi connectivity index (χ3v) is 2.90. The third-order valence-electron chi connectivity index (χ3n) is 2.11. The summed E-state index contributed by atoms with van der Waals surface area (Å²) in [6, 6.07) is 1.84. The van der Waals surface area contributed by atoms with Crippen LogP contribution in [-0.4, -0.2) is 29.1 Å². The lowest BCUT2D eigenvalue weighted by atomic mass is 10.3. The predicted molar refractivity (Wildman–Crippen MR) is 67.5 cm³/mol. The van der Waals surface area contributed by atoms with Crippen molar-refractivity contribution < 1.29 is 9.53 Å². The van der Waals surface area contributed by atoms with Gasteiger partial charge >= 0.3 is 5.97 Å². The maximum absolute atomic E-state index is 11.7. The fourth-order valence-corrected chi connectivity index (χ4v) is 2.13. The maximum atomic E-state index is 11.7. The van der Waals surface area contributed by atoms with Crippen LogP contribution in [0.5, 0.6) is 0 Å². The lowest BCUT2D eigenvalue weighted by Gasteiger charge is -2.07. The molecule has 0 aliphatic carbocycles. The van der Waals surface area contributed by atoms with E-state index in [-0.39, 0.29) is 5.69 Å². The number of esters is 1. The number of thiophene rings is 1. The Morgan fingerprint density at radius 3 is 3.00 bits per heavy atom. The standard InChI is InChI=1S/C11H13N3O2S/c1-3-12-9-8(11(15)16-4-2)13-7-5-6-17-10(7)14-9/h5-6H,3-4H2,1-2H3,(H,12,14). The van der Waals surface area contributed by atoms with Crippen molar-refractivity contribution >= 4 is 33.5 Å². The van der Waals surface area contributed by atoms with Crippen LogP contribution in [0, 0.1) is 0 Å². The first-order valence-electron chi connectivity index (χ1n) is 5.42. The van der Waals surface area contributed by atoms with Crippen LogP contribution in [-0.2, 0) is 4.74 Å². The van der Waals surface area contributed by atoms with Gasteiger partial charge in [0.15, 0.2) is 11.5 Å². The van der Waals surface area contributed by atoms with E-state index < -0.39 is 5.97 Å². The molecule has 17 heavy (non-hydrogen) atoms. The summed E-state index contributed by atoms with van der Waals surface area (Å²) in [5, 5.41) is 4.93. The molecular weight excluding hydrogens is 238 g/mol. The maximum Gasteiger partial charge on any atom is 0.360 e. The van der Waals surface area contributed by atoms with Gasteiger partial charge in [0.05, 0.1) is 6.61 Å². The molecule has 0 atom stereocenters. The zero-order valence-corrected chi connectivity index (χ0v) is 10.5. The Labute approximate surface area is 103 Å². The van der Waals surface area contributed by atoms with Crippen molar-refractivity contribution in [3.05, 3.63) is 17.1 Å². The highest BCUT2D eigenvalue weighted by Gasteiger charge is 2.17. The summed E-state index contributed by atoms with van der Waals surface area (Å²) in [4.78, 5) is 21.2. The van der Waals surface area contributed by atoms with Crippen molar-refractivity contribution in [2.75, 3.05) is 18.5 Å². The molecule has 0 aliphatic rings. The van der Waals surface area contributed by atoms with E-state index in [0.29, 0.717) is 19.0 Å². The summed E-state index contributed by atoms with van der Waals surface area (Å²) in [6.45, 7) is 4.71. The Hall–Kier alpha value is -1.69. The number of ether oxygens (including phenoxy) is 1. The van der Waals surface area contributed by atoms with Crippen LogP contribution in [0.1, 0.15) is 24.3 Å². The minimum absolute atomic E-state index is 0.250. The lowest BCUT2D eigenvalue weighted by Crippen LogP contribution is -2.13. The average molecular weight is 251 g/mol. The molecule has 0 saturated carbocycles. The number of nitrogens with zero attached hydrogens (tertiary/aromatic N) is 2. The second kappa shape index (κ2) is 5.09. The molecule has 0 spiro atoms. The highest BCUT2D eigenvalue weighted by atomic mass is 32.1. The molecule has 0 aromatic carbocycles. The van der Waals surface area contributed by atoms with Crippen LogP contribution in [0.3, 0.4) is 0 Å². The van der Waals surface area contributed by atoms with E-state index in [4.69, 9.17) is 4.74 Å². The summed E-state index contributed by atoms with van der Waals surface area (Å²) in [5.41, 5.74) is 0.972. The van der Waals surface area contributed by atoms with Gasteiger partial charge < -0.3 is 10.1 Å². The monoisotopic (exact) mass is 251 g/mol. The predicted octanol–water partition coefficient (Wildman–Crippen LogP) is 2.30. The first kappa shape index (κ1) is 11.8. The lowest BCUT2D eigenvalue weighted by molar-refractivity contribution is 0.0521. The van der Waals surface area contributed by atoms with Crippen molar-refractivity contribution in [3.63, 3.8) is 0 Å². The van der Waals surface area contributed by atoms with Crippen LogP contribution in [0.25, 0.3) is 10.3 Å². The minimum Gasteiger partial charge on any atom is -0.461 e. The molecule has 0 fully saturated rings. The first-order valence-corrected chi connectivity index (χ1v) is 6.30. The number of hydrogen-bond donors (Lipinski definition) is 1. The minimum atomic E-state index is -0.441.